The molecule has 2 aromatic heterocycles. The van der Waals surface area contributed by atoms with Gasteiger partial charge in [0.15, 0.2) is 0 Å². The first-order valence-electron chi connectivity index (χ1n) is 8.34. The molecule has 0 spiro atoms. The summed E-state index contributed by atoms with van der Waals surface area (Å²) in [6, 6.07) is 7.49. The van der Waals surface area contributed by atoms with Gasteiger partial charge < -0.3 is 18.3 Å². The second-order valence-electron chi connectivity index (χ2n) is 5.69. The molecular weight excluding hydrogens is 336 g/mol. The van der Waals surface area contributed by atoms with Gasteiger partial charge in [-0.2, -0.15) is 0 Å². The Morgan fingerprint density at radius 1 is 0.808 bits per heavy atom. The zero-order valence-corrected chi connectivity index (χ0v) is 14.3. The van der Waals surface area contributed by atoms with Crippen LogP contribution in [0.1, 0.15) is 34.6 Å². The van der Waals surface area contributed by atoms with Crippen molar-refractivity contribution in [3.8, 4) is 0 Å². The normalized spacial score (nSPS) is 11.3. The quantitative estimate of drug-likeness (QED) is 0.496. The zero-order valence-electron chi connectivity index (χ0n) is 14.3. The number of ether oxygens (including phenoxy) is 2. The predicted molar refractivity (Wildman–Crippen MR) is 95.4 cm³/mol. The van der Waals surface area contributed by atoms with Crippen LogP contribution in [0.5, 0.6) is 0 Å². The van der Waals surface area contributed by atoms with Crippen LogP contribution in [0.4, 0.5) is 0 Å². The molecule has 0 saturated carbocycles. The zero-order chi connectivity index (χ0) is 18.3. The van der Waals surface area contributed by atoms with E-state index in [0.717, 1.165) is 10.8 Å². The molecule has 6 heteroatoms. The Morgan fingerprint density at radius 3 is 1.62 bits per heavy atom. The van der Waals surface area contributed by atoms with Crippen LogP contribution in [-0.2, 0) is 9.47 Å². The van der Waals surface area contributed by atoms with Crippen LogP contribution in [0.3, 0.4) is 0 Å². The Balaban J connectivity index is 2.16. The lowest BCUT2D eigenvalue weighted by Gasteiger charge is -2.05. The number of esters is 2. The average Bonchev–Trinajstić information content (AvgIpc) is 3.27. The van der Waals surface area contributed by atoms with Crippen LogP contribution < -0.4 is 0 Å². The Hall–Kier alpha value is -3.28. The molecule has 6 nitrogen and oxygen atoms in total. The van der Waals surface area contributed by atoms with Crippen LogP contribution in [-0.4, -0.2) is 25.2 Å². The van der Waals surface area contributed by atoms with Gasteiger partial charge in [-0.1, -0.05) is 24.3 Å². The van der Waals surface area contributed by atoms with E-state index in [1.165, 1.54) is 12.5 Å². The van der Waals surface area contributed by atoms with E-state index < -0.39 is 11.9 Å². The standard InChI is InChI=1S/C20H16O6/c1-3-23-19(21)13-9-25-17-11-7-5-6-8-12(11)18-16(15(13)17)14(10-26-18)20(22)24-4-2/h5-10H,3-4H2,1-2H3. The molecule has 0 N–H and O–H groups in total. The number of hydrogen-bond acceptors (Lipinski definition) is 6. The molecule has 0 amide bonds. The number of hydrogen-bond donors (Lipinski definition) is 0. The molecule has 0 atom stereocenters. The molecule has 0 fully saturated rings. The van der Waals surface area contributed by atoms with Crippen LogP contribution in [0.2, 0.25) is 0 Å². The molecular formula is C20H16O6. The third-order valence-electron chi connectivity index (χ3n) is 4.24. The number of benzene rings is 2. The maximum absolute atomic E-state index is 12.4. The van der Waals surface area contributed by atoms with Crippen LogP contribution in [0, 0.1) is 0 Å². The largest absolute Gasteiger partial charge is 0.463 e. The van der Waals surface area contributed by atoms with Crippen molar-refractivity contribution in [1.29, 1.82) is 0 Å². The summed E-state index contributed by atoms with van der Waals surface area (Å²) in [6.45, 7) is 3.93. The van der Waals surface area contributed by atoms with Gasteiger partial charge in [-0.15, -0.1) is 0 Å². The first-order chi connectivity index (χ1) is 12.7. The first-order valence-corrected chi connectivity index (χ1v) is 8.34. The topological polar surface area (TPSA) is 78.9 Å². The minimum Gasteiger partial charge on any atom is -0.463 e. The Bertz CT molecular complexity index is 1060. The highest BCUT2D eigenvalue weighted by Crippen LogP contribution is 2.40. The molecule has 26 heavy (non-hydrogen) atoms. The van der Waals surface area contributed by atoms with E-state index in [2.05, 4.69) is 0 Å². The predicted octanol–water partition coefficient (Wildman–Crippen LogP) is 4.69. The number of fused-ring (bicyclic) bond motifs is 6. The molecule has 0 saturated heterocycles. The van der Waals surface area contributed by atoms with E-state index >= 15 is 0 Å². The van der Waals surface area contributed by atoms with Crippen molar-refractivity contribution >= 4 is 44.6 Å². The molecule has 132 valence electrons. The Labute approximate surface area is 148 Å². The maximum atomic E-state index is 12.4. The average molecular weight is 352 g/mol. The van der Waals surface area contributed by atoms with E-state index in [1.807, 2.05) is 24.3 Å². The minimum atomic E-state index is -0.515. The van der Waals surface area contributed by atoms with E-state index in [9.17, 15) is 9.59 Å². The van der Waals surface area contributed by atoms with Crippen molar-refractivity contribution in [3.63, 3.8) is 0 Å². The summed E-state index contributed by atoms with van der Waals surface area (Å²) in [5.41, 5.74) is 1.51. The van der Waals surface area contributed by atoms with E-state index in [1.54, 1.807) is 13.8 Å². The van der Waals surface area contributed by atoms with Gasteiger partial charge in [0.1, 0.15) is 34.8 Å². The fourth-order valence-corrected chi connectivity index (χ4v) is 3.21. The van der Waals surface area contributed by atoms with Crippen molar-refractivity contribution < 1.29 is 27.9 Å². The van der Waals surface area contributed by atoms with Crippen molar-refractivity contribution in [3.05, 3.63) is 47.9 Å². The summed E-state index contributed by atoms with van der Waals surface area (Å²) in [5, 5.41) is 2.56. The van der Waals surface area contributed by atoms with Gasteiger partial charge in [0.25, 0.3) is 0 Å². The van der Waals surface area contributed by atoms with Gasteiger partial charge in [-0.05, 0) is 13.8 Å². The summed E-state index contributed by atoms with van der Waals surface area (Å²) in [6.07, 6.45) is 2.72. The number of rotatable bonds is 4. The lowest BCUT2D eigenvalue weighted by molar-refractivity contribution is 0.0516. The van der Waals surface area contributed by atoms with Crippen molar-refractivity contribution in [2.45, 2.75) is 13.8 Å². The second kappa shape index (κ2) is 6.22. The number of furan rings is 2. The summed E-state index contributed by atoms with van der Waals surface area (Å²) >= 11 is 0. The van der Waals surface area contributed by atoms with Gasteiger partial charge in [0.2, 0.25) is 0 Å². The molecule has 0 aliphatic carbocycles. The van der Waals surface area contributed by atoms with Crippen molar-refractivity contribution in [2.24, 2.45) is 0 Å². The Morgan fingerprint density at radius 2 is 1.23 bits per heavy atom. The van der Waals surface area contributed by atoms with E-state index in [0.29, 0.717) is 21.9 Å². The lowest BCUT2D eigenvalue weighted by atomic mass is 9.99. The highest BCUT2D eigenvalue weighted by atomic mass is 16.5. The van der Waals surface area contributed by atoms with Crippen molar-refractivity contribution in [2.75, 3.05) is 13.2 Å². The molecule has 2 heterocycles. The van der Waals surface area contributed by atoms with E-state index in [-0.39, 0.29) is 24.3 Å². The highest BCUT2D eigenvalue weighted by molar-refractivity contribution is 6.29. The SMILES string of the molecule is CCOC(=O)c1coc2c3ccccc3c3occ(C(=O)OCC)c3c12. The summed E-state index contributed by atoms with van der Waals surface area (Å²) in [5.74, 6) is -1.03. The van der Waals surface area contributed by atoms with Gasteiger partial charge in [-0.3, -0.25) is 0 Å². The summed E-state index contributed by atoms with van der Waals surface area (Å²) in [7, 11) is 0. The van der Waals surface area contributed by atoms with Gasteiger partial charge in [0, 0.05) is 21.5 Å². The monoisotopic (exact) mass is 352 g/mol. The molecule has 0 aliphatic rings. The fourth-order valence-electron chi connectivity index (χ4n) is 3.21. The number of carbonyl (C=O) groups is 2. The van der Waals surface area contributed by atoms with Gasteiger partial charge in [-0.25, -0.2) is 9.59 Å². The summed E-state index contributed by atoms with van der Waals surface area (Å²) in [4.78, 5) is 24.8. The van der Waals surface area contributed by atoms with Crippen molar-refractivity contribution in [1.82, 2.24) is 0 Å². The highest BCUT2D eigenvalue weighted by Gasteiger charge is 2.26. The fraction of sp³-hybridized carbons (Fsp3) is 0.200. The third kappa shape index (κ3) is 2.26. The third-order valence-corrected chi connectivity index (χ3v) is 4.24. The first kappa shape index (κ1) is 16.2. The summed E-state index contributed by atoms with van der Waals surface area (Å²) < 4.78 is 21.7. The second-order valence-corrected chi connectivity index (χ2v) is 5.69. The molecule has 4 rings (SSSR count). The minimum absolute atomic E-state index is 0.234. The molecule has 0 aliphatic heterocycles. The maximum Gasteiger partial charge on any atom is 0.342 e. The van der Waals surface area contributed by atoms with Crippen LogP contribution >= 0.6 is 0 Å². The number of carbonyl (C=O) groups excluding carboxylic acids is 2. The van der Waals surface area contributed by atoms with Gasteiger partial charge >= 0.3 is 11.9 Å². The smallest absolute Gasteiger partial charge is 0.342 e. The lowest BCUT2D eigenvalue weighted by Crippen LogP contribution is -2.05. The van der Waals surface area contributed by atoms with E-state index in [4.69, 9.17) is 18.3 Å². The molecule has 0 unspecified atom stereocenters. The Kier molecular flexibility index (Phi) is 3.88. The molecule has 0 bridgehead atoms. The molecule has 4 aromatic rings. The van der Waals surface area contributed by atoms with Crippen LogP contribution in [0.25, 0.3) is 32.7 Å². The molecule has 2 aromatic carbocycles. The van der Waals surface area contributed by atoms with Gasteiger partial charge in [0.05, 0.1) is 13.2 Å². The van der Waals surface area contributed by atoms with Crippen LogP contribution in [0.15, 0.2) is 45.6 Å². The molecule has 0 radical (unpaired) electrons.